The predicted molar refractivity (Wildman–Crippen MR) is 91.9 cm³/mol. The van der Waals surface area contributed by atoms with Crippen molar-refractivity contribution in [2.24, 2.45) is 0 Å². The Labute approximate surface area is 136 Å². The molecule has 0 aliphatic heterocycles. The number of aromatic nitrogens is 2. The van der Waals surface area contributed by atoms with Crippen LogP contribution in [0, 0.1) is 6.92 Å². The number of rotatable bonds is 4. The molecule has 0 saturated heterocycles. The lowest BCUT2D eigenvalue weighted by Gasteiger charge is -2.07. The Bertz CT molecular complexity index is 782. The maximum Gasteiger partial charge on any atom is 0.171 e. The van der Waals surface area contributed by atoms with Gasteiger partial charge in [-0.05, 0) is 49.4 Å². The van der Waals surface area contributed by atoms with Crippen LogP contribution < -0.4 is 5.32 Å². The van der Waals surface area contributed by atoms with Gasteiger partial charge in [0.2, 0.25) is 0 Å². The number of aromatic amines is 1. The van der Waals surface area contributed by atoms with E-state index < -0.39 is 0 Å². The number of aryl methyl sites for hydroxylation is 1. The largest absolute Gasteiger partial charge is 0.333 e. The molecule has 0 fully saturated rings. The maximum absolute atomic E-state index is 4.65. The van der Waals surface area contributed by atoms with Gasteiger partial charge in [0.15, 0.2) is 5.16 Å². The normalized spacial score (nSPS) is 11.2. The zero-order chi connectivity index (χ0) is 14.8. The van der Waals surface area contributed by atoms with Gasteiger partial charge in [0, 0.05) is 15.9 Å². The molecule has 3 aromatic rings. The molecule has 3 rings (SSSR count). The molecule has 0 atom stereocenters. The van der Waals surface area contributed by atoms with Gasteiger partial charge in [-0.2, -0.15) is 0 Å². The van der Waals surface area contributed by atoms with E-state index >= 15 is 0 Å². The van der Waals surface area contributed by atoms with E-state index in [9.17, 15) is 0 Å². The third kappa shape index (κ3) is 3.31. The SMILES string of the molecule is CNCc1ccc(Br)cc1Sc1nc2ccc(C)cc2[nH]1. The number of benzene rings is 2. The highest BCUT2D eigenvalue weighted by atomic mass is 79.9. The Morgan fingerprint density at radius 3 is 2.90 bits per heavy atom. The molecule has 21 heavy (non-hydrogen) atoms. The van der Waals surface area contributed by atoms with E-state index in [1.165, 1.54) is 16.0 Å². The lowest BCUT2D eigenvalue weighted by atomic mass is 10.2. The average molecular weight is 362 g/mol. The molecule has 0 amide bonds. The van der Waals surface area contributed by atoms with Crippen LogP contribution in [0.1, 0.15) is 11.1 Å². The molecule has 5 heteroatoms. The smallest absolute Gasteiger partial charge is 0.171 e. The molecule has 0 spiro atoms. The minimum atomic E-state index is 0.842. The van der Waals surface area contributed by atoms with Crippen LogP contribution in [0.25, 0.3) is 11.0 Å². The molecule has 0 bridgehead atoms. The number of nitrogens with one attached hydrogen (secondary N) is 2. The van der Waals surface area contributed by atoms with Crippen LogP contribution in [0.2, 0.25) is 0 Å². The number of H-pyrrole nitrogens is 1. The Morgan fingerprint density at radius 1 is 1.24 bits per heavy atom. The fourth-order valence-electron chi connectivity index (χ4n) is 2.21. The van der Waals surface area contributed by atoms with Crippen LogP contribution in [-0.4, -0.2) is 17.0 Å². The molecule has 1 aromatic heterocycles. The van der Waals surface area contributed by atoms with Gasteiger partial charge in [-0.25, -0.2) is 4.98 Å². The summed E-state index contributed by atoms with van der Waals surface area (Å²) in [6.07, 6.45) is 0. The van der Waals surface area contributed by atoms with Crippen molar-refractivity contribution >= 4 is 38.7 Å². The number of nitrogens with zero attached hydrogens (tertiary/aromatic N) is 1. The predicted octanol–water partition coefficient (Wildman–Crippen LogP) is 4.50. The van der Waals surface area contributed by atoms with E-state index in [0.29, 0.717) is 0 Å². The first-order valence-electron chi connectivity index (χ1n) is 6.73. The molecule has 0 aliphatic carbocycles. The van der Waals surface area contributed by atoms with Crippen molar-refractivity contribution in [3.8, 4) is 0 Å². The summed E-state index contributed by atoms with van der Waals surface area (Å²) >= 11 is 5.20. The summed E-state index contributed by atoms with van der Waals surface area (Å²) in [6, 6.07) is 12.6. The summed E-state index contributed by atoms with van der Waals surface area (Å²) in [4.78, 5) is 9.24. The second-order valence-electron chi connectivity index (χ2n) is 4.95. The molecular weight excluding hydrogens is 346 g/mol. The summed E-state index contributed by atoms with van der Waals surface area (Å²) in [7, 11) is 1.96. The molecule has 3 nitrogen and oxygen atoms in total. The molecule has 108 valence electrons. The van der Waals surface area contributed by atoms with Crippen molar-refractivity contribution in [2.45, 2.75) is 23.5 Å². The van der Waals surface area contributed by atoms with Gasteiger partial charge in [-0.15, -0.1) is 0 Å². The topological polar surface area (TPSA) is 40.7 Å². The monoisotopic (exact) mass is 361 g/mol. The lowest BCUT2D eigenvalue weighted by molar-refractivity contribution is 0.802. The number of halogens is 1. The van der Waals surface area contributed by atoms with Crippen LogP contribution in [0.15, 0.2) is 50.9 Å². The van der Waals surface area contributed by atoms with Crippen molar-refractivity contribution in [2.75, 3.05) is 7.05 Å². The van der Waals surface area contributed by atoms with Crippen LogP contribution >= 0.6 is 27.7 Å². The highest BCUT2D eigenvalue weighted by Crippen LogP contribution is 2.32. The van der Waals surface area contributed by atoms with E-state index in [0.717, 1.165) is 27.2 Å². The Balaban J connectivity index is 1.95. The van der Waals surface area contributed by atoms with Crippen molar-refractivity contribution in [1.82, 2.24) is 15.3 Å². The number of hydrogen-bond acceptors (Lipinski definition) is 3. The van der Waals surface area contributed by atoms with Crippen LogP contribution in [0.3, 0.4) is 0 Å². The van der Waals surface area contributed by atoms with Gasteiger partial charge in [-0.3, -0.25) is 0 Å². The van der Waals surface area contributed by atoms with E-state index in [2.05, 4.69) is 74.5 Å². The Hall–Kier alpha value is -1.30. The lowest BCUT2D eigenvalue weighted by Crippen LogP contribution is -2.06. The first-order chi connectivity index (χ1) is 10.2. The Morgan fingerprint density at radius 2 is 2.10 bits per heavy atom. The van der Waals surface area contributed by atoms with Crippen molar-refractivity contribution in [3.63, 3.8) is 0 Å². The fraction of sp³-hybridized carbons (Fsp3) is 0.188. The van der Waals surface area contributed by atoms with E-state index in [-0.39, 0.29) is 0 Å². The fourth-order valence-corrected chi connectivity index (χ4v) is 3.70. The zero-order valence-electron chi connectivity index (χ0n) is 11.9. The highest BCUT2D eigenvalue weighted by Gasteiger charge is 2.09. The number of hydrogen-bond donors (Lipinski definition) is 2. The van der Waals surface area contributed by atoms with Crippen molar-refractivity contribution < 1.29 is 0 Å². The van der Waals surface area contributed by atoms with Crippen LogP contribution in [0.5, 0.6) is 0 Å². The van der Waals surface area contributed by atoms with Gasteiger partial charge >= 0.3 is 0 Å². The van der Waals surface area contributed by atoms with E-state index in [4.69, 9.17) is 0 Å². The second kappa shape index (κ2) is 6.22. The van der Waals surface area contributed by atoms with Gasteiger partial charge in [0.05, 0.1) is 11.0 Å². The van der Waals surface area contributed by atoms with Gasteiger partial charge < -0.3 is 10.3 Å². The summed E-state index contributed by atoms with van der Waals surface area (Å²) < 4.78 is 1.08. The summed E-state index contributed by atoms with van der Waals surface area (Å²) in [5, 5.41) is 4.13. The van der Waals surface area contributed by atoms with Crippen LogP contribution in [0.4, 0.5) is 0 Å². The molecule has 2 N–H and O–H groups in total. The average Bonchev–Trinajstić information content (AvgIpc) is 2.83. The molecule has 0 radical (unpaired) electrons. The van der Waals surface area contributed by atoms with E-state index in [1.807, 2.05) is 7.05 Å². The molecule has 2 aromatic carbocycles. The third-order valence-electron chi connectivity index (χ3n) is 3.22. The van der Waals surface area contributed by atoms with Gasteiger partial charge in [0.1, 0.15) is 0 Å². The minimum Gasteiger partial charge on any atom is -0.333 e. The number of imidazole rings is 1. The summed E-state index contributed by atoms with van der Waals surface area (Å²) in [5.74, 6) is 0. The van der Waals surface area contributed by atoms with Crippen molar-refractivity contribution in [1.29, 1.82) is 0 Å². The minimum absolute atomic E-state index is 0.842. The summed E-state index contributed by atoms with van der Waals surface area (Å²) in [6.45, 7) is 2.93. The molecular formula is C16H16BrN3S. The molecule has 0 saturated carbocycles. The first kappa shape index (κ1) is 14.6. The van der Waals surface area contributed by atoms with E-state index in [1.54, 1.807) is 11.8 Å². The standard InChI is InChI=1S/C16H16BrN3S/c1-10-3-6-13-14(7-10)20-16(19-13)21-15-8-12(17)5-4-11(15)9-18-2/h3-8,18H,9H2,1-2H3,(H,19,20). The zero-order valence-corrected chi connectivity index (χ0v) is 14.3. The third-order valence-corrected chi connectivity index (χ3v) is 4.70. The quantitative estimate of drug-likeness (QED) is 0.718. The van der Waals surface area contributed by atoms with Crippen LogP contribution in [-0.2, 0) is 6.54 Å². The second-order valence-corrected chi connectivity index (χ2v) is 6.89. The number of fused-ring (bicyclic) bond motifs is 1. The maximum atomic E-state index is 4.65. The van der Waals surface area contributed by atoms with Crippen molar-refractivity contribution in [3.05, 3.63) is 52.0 Å². The molecule has 0 aliphatic rings. The molecule has 0 unspecified atom stereocenters. The van der Waals surface area contributed by atoms with Gasteiger partial charge in [0.25, 0.3) is 0 Å². The van der Waals surface area contributed by atoms with Gasteiger partial charge in [-0.1, -0.05) is 39.8 Å². The summed E-state index contributed by atoms with van der Waals surface area (Å²) in [5.41, 5.74) is 4.60. The Kier molecular flexibility index (Phi) is 4.33. The highest BCUT2D eigenvalue weighted by molar-refractivity contribution is 9.10. The first-order valence-corrected chi connectivity index (χ1v) is 8.34. The molecule has 1 heterocycles.